The number of benzene rings is 1. The first-order chi connectivity index (χ1) is 15.9. The molecule has 2 aliphatic heterocycles. The Morgan fingerprint density at radius 1 is 1.15 bits per heavy atom. The zero-order chi connectivity index (χ0) is 23.2. The van der Waals surface area contributed by atoms with Gasteiger partial charge >= 0.3 is 5.97 Å². The topological polar surface area (TPSA) is 82.0 Å². The van der Waals surface area contributed by atoms with Crippen LogP contribution in [0.5, 0.6) is 11.5 Å². The summed E-state index contributed by atoms with van der Waals surface area (Å²) in [6, 6.07) is 6.04. The van der Waals surface area contributed by atoms with Crippen molar-refractivity contribution in [3.8, 4) is 11.5 Å². The Hall–Kier alpha value is -3.00. The Morgan fingerprint density at radius 3 is 2.55 bits per heavy atom. The number of esters is 1. The van der Waals surface area contributed by atoms with Crippen molar-refractivity contribution in [2.75, 3.05) is 38.7 Å². The fourth-order valence-electron chi connectivity index (χ4n) is 5.71. The molecule has 8 heteroatoms. The van der Waals surface area contributed by atoms with Gasteiger partial charge in [0.05, 0.1) is 19.3 Å². The summed E-state index contributed by atoms with van der Waals surface area (Å²) in [5.41, 5.74) is 3.61. The molecular weight excluding hydrogens is 422 g/mol. The van der Waals surface area contributed by atoms with Crippen LogP contribution in [0.25, 0.3) is 0 Å². The highest BCUT2D eigenvalue weighted by atomic mass is 16.6. The summed E-state index contributed by atoms with van der Waals surface area (Å²) in [7, 11) is 3.10. The van der Waals surface area contributed by atoms with Gasteiger partial charge in [-0.05, 0) is 49.1 Å². The van der Waals surface area contributed by atoms with E-state index >= 15 is 0 Å². The number of fused-ring (bicyclic) bond motifs is 3. The van der Waals surface area contributed by atoms with Gasteiger partial charge in [0.1, 0.15) is 18.9 Å². The molecule has 0 bridgehead atoms. The van der Waals surface area contributed by atoms with Gasteiger partial charge in [-0.1, -0.05) is 12.8 Å². The van der Waals surface area contributed by atoms with Crippen molar-refractivity contribution in [1.82, 2.24) is 9.47 Å². The lowest BCUT2D eigenvalue weighted by atomic mass is 9.71. The average Bonchev–Trinajstić information content (AvgIpc) is 3.42. The molecule has 5 rings (SSSR count). The first kappa shape index (κ1) is 21.8. The Bertz CT molecular complexity index is 1090. The van der Waals surface area contributed by atoms with E-state index in [-0.39, 0.29) is 23.9 Å². The number of aryl methyl sites for hydroxylation is 1. The molecule has 176 valence electrons. The summed E-state index contributed by atoms with van der Waals surface area (Å²) in [6.45, 7) is 4.41. The van der Waals surface area contributed by atoms with Crippen LogP contribution < -0.4 is 14.8 Å². The summed E-state index contributed by atoms with van der Waals surface area (Å²) in [5, 5.41) is 2.95. The van der Waals surface area contributed by atoms with Crippen LogP contribution in [0.4, 0.5) is 5.69 Å². The molecule has 1 N–H and O–H groups in total. The van der Waals surface area contributed by atoms with Crippen LogP contribution in [-0.2, 0) is 22.0 Å². The van der Waals surface area contributed by atoms with Gasteiger partial charge in [-0.15, -0.1) is 0 Å². The smallest absolute Gasteiger partial charge is 0.354 e. The molecule has 1 saturated carbocycles. The molecule has 1 amide bonds. The van der Waals surface area contributed by atoms with E-state index in [1.807, 2.05) is 0 Å². The highest BCUT2D eigenvalue weighted by Crippen LogP contribution is 2.51. The largest absolute Gasteiger partial charge is 0.486 e. The lowest BCUT2D eigenvalue weighted by Gasteiger charge is -2.46. The zero-order valence-electron chi connectivity index (χ0n) is 19.5. The van der Waals surface area contributed by atoms with E-state index < -0.39 is 5.97 Å². The fourth-order valence-corrected chi connectivity index (χ4v) is 5.71. The molecule has 0 unspecified atom stereocenters. The maximum absolute atomic E-state index is 13.0. The van der Waals surface area contributed by atoms with Crippen LogP contribution in [-0.4, -0.2) is 54.8 Å². The maximum Gasteiger partial charge on any atom is 0.354 e. The molecule has 8 nitrogen and oxygen atoms in total. The molecular formula is C25H31N3O5. The van der Waals surface area contributed by atoms with Gasteiger partial charge in [-0.3, -0.25) is 9.69 Å². The van der Waals surface area contributed by atoms with Gasteiger partial charge in [0, 0.05) is 31.2 Å². The van der Waals surface area contributed by atoms with E-state index in [2.05, 4.69) is 29.3 Å². The van der Waals surface area contributed by atoms with Gasteiger partial charge in [0.15, 0.2) is 11.5 Å². The van der Waals surface area contributed by atoms with Crippen molar-refractivity contribution in [1.29, 1.82) is 0 Å². The predicted octanol–water partition coefficient (Wildman–Crippen LogP) is 3.41. The Labute approximate surface area is 193 Å². The van der Waals surface area contributed by atoms with E-state index in [0.717, 1.165) is 30.9 Å². The SMILES string of the molecule is COC(=O)c1cc(NC(=O)CN2CC3(CCCC3)c3cc4c(cc3[C@@H]2C)OCCO4)cn1C. The van der Waals surface area contributed by atoms with E-state index in [0.29, 0.717) is 24.6 Å². The molecule has 1 fully saturated rings. The Balaban J connectivity index is 1.38. The highest BCUT2D eigenvalue weighted by molar-refractivity contribution is 5.95. The molecule has 1 aliphatic carbocycles. The van der Waals surface area contributed by atoms with Gasteiger partial charge in [0.25, 0.3) is 0 Å². The second-order valence-corrected chi connectivity index (χ2v) is 9.42. The van der Waals surface area contributed by atoms with Gasteiger partial charge in [-0.25, -0.2) is 4.79 Å². The van der Waals surface area contributed by atoms with Crippen LogP contribution >= 0.6 is 0 Å². The summed E-state index contributed by atoms with van der Waals surface area (Å²) in [6.07, 6.45) is 6.35. The van der Waals surface area contributed by atoms with Crippen molar-refractivity contribution in [2.24, 2.45) is 7.05 Å². The minimum Gasteiger partial charge on any atom is -0.486 e. The first-order valence-electron chi connectivity index (χ1n) is 11.6. The minimum atomic E-state index is -0.433. The second-order valence-electron chi connectivity index (χ2n) is 9.42. The number of hydrogen-bond donors (Lipinski definition) is 1. The predicted molar refractivity (Wildman–Crippen MR) is 123 cm³/mol. The maximum atomic E-state index is 13.0. The van der Waals surface area contributed by atoms with Gasteiger partial charge in [-0.2, -0.15) is 0 Å². The summed E-state index contributed by atoms with van der Waals surface area (Å²) >= 11 is 0. The highest BCUT2D eigenvalue weighted by Gasteiger charge is 2.45. The number of nitrogens with one attached hydrogen (secondary N) is 1. The number of methoxy groups -OCH3 is 1. The summed E-state index contributed by atoms with van der Waals surface area (Å²) < 4.78 is 18.2. The molecule has 2 aromatic rings. The molecule has 3 aliphatic rings. The summed E-state index contributed by atoms with van der Waals surface area (Å²) in [4.78, 5) is 27.2. The lowest BCUT2D eigenvalue weighted by molar-refractivity contribution is -0.118. The van der Waals surface area contributed by atoms with Crippen LogP contribution in [0.15, 0.2) is 24.4 Å². The van der Waals surface area contributed by atoms with Crippen molar-refractivity contribution in [3.63, 3.8) is 0 Å². The van der Waals surface area contributed by atoms with Crippen LogP contribution in [0.1, 0.15) is 60.3 Å². The van der Waals surface area contributed by atoms with Crippen LogP contribution in [0.3, 0.4) is 0 Å². The molecule has 0 radical (unpaired) electrons. The van der Waals surface area contributed by atoms with E-state index in [1.165, 1.54) is 31.1 Å². The standard InChI is InChI=1S/C25H31N3O5/c1-16-18-11-21-22(33-9-8-32-21)12-19(18)25(6-4-5-7-25)15-28(16)14-23(29)26-17-10-20(24(30)31-3)27(2)13-17/h10-13,16H,4-9,14-15H2,1-3H3,(H,26,29)/t16-/m0/s1. The minimum absolute atomic E-state index is 0.0444. The first-order valence-corrected chi connectivity index (χ1v) is 11.6. The Kier molecular flexibility index (Phi) is 5.56. The van der Waals surface area contributed by atoms with Crippen molar-refractivity contribution in [2.45, 2.75) is 44.1 Å². The fraction of sp³-hybridized carbons (Fsp3) is 0.520. The van der Waals surface area contributed by atoms with Crippen molar-refractivity contribution in [3.05, 3.63) is 41.2 Å². The molecule has 0 saturated heterocycles. The number of rotatable bonds is 4. The van der Waals surface area contributed by atoms with E-state index in [1.54, 1.807) is 23.9 Å². The quantitative estimate of drug-likeness (QED) is 0.715. The van der Waals surface area contributed by atoms with Crippen LogP contribution in [0.2, 0.25) is 0 Å². The number of aromatic nitrogens is 1. The summed E-state index contributed by atoms with van der Waals surface area (Å²) in [5.74, 6) is 1.11. The molecule has 1 spiro atoms. The molecule has 3 heterocycles. The second kappa shape index (κ2) is 8.41. The molecule has 1 aromatic heterocycles. The van der Waals surface area contributed by atoms with Crippen LogP contribution in [0, 0.1) is 0 Å². The third kappa shape index (κ3) is 3.86. The average molecular weight is 454 g/mol. The lowest BCUT2D eigenvalue weighted by Crippen LogP contribution is -2.48. The third-order valence-corrected chi connectivity index (χ3v) is 7.38. The van der Waals surface area contributed by atoms with Gasteiger partial charge in [0.2, 0.25) is 5.91 Å². The van der Waals surface area contributed by atoms with E-state index in [9.17, 15) is 9.59 Å². The number of carbonyl (C=O) groups is 2. The molecule has 33 heavy (non-hydrogen) atoms. The number of amides is 1. The zero-order valence-corrected chi connectivity index (χ0v) is 19.5. The third-order valence-electron chi connectivity index (χ3n) is 7.38. The monoisotopic (exact) mass is 453 g/mol. The normalized spacial score (nSPS) is 21.0. The number of anilines is 1. The number of carbonyl (C=O) groups excluding carboxylic acids is 2. The number of hydrogen-bond acceptors (Lipinski definition) is 6. The molecule has 1 atom stereocenters. The van der Waals surface area contributed by atoms with E-state index in [4.69, 9.17) is 14.2 Å². The van der Waals surface area contributed by atoms with Crippen molar-refractivity contribution < 1.29 is 23.8 Å². The number of nitrogens with zero attached hydrogens (tertiary/aromatic N) is 2. The van der Waals surface area contributed by atoms with Crippen molar-refractivity contribution >= 4 is 17.6 Å². The van der Waals surface area contributed by atoms with Gasteiger partial charge < -0.3 is 24.1 Å². The Morgan fingerprint density at radius 2 is 1.85 bits per heavy atom. The molecule has 1 aromatic carbocycles. The number of ether oxygens (including phenoxy) is 3.